The third-order valence-corrected chi connectivity index (χ3v) is 3.94. The topological polar surface area (TPSA) is 50.7 Å². The molecule has 3 aromatic rings. The van der Waals surface area contributed by atoms with Crippen molar-refractivity contribution in [2.45, 2.75) is 6.92 Å². The highest BCUT2D eigenvalue weighted by Gasteiger charge is 2.10. The number of carbonyl (C=O) groups is 1. The lowest BCUT2D eigenvalue weighted by Gasteiger charge is -2.10. The molecule has 0 saturated heterocycles. The molecule has 0 aliphatic rings. The second-order valence-corrected chi connectivity index (χ2v) is 5.29. The number of amides is 1. The van der Waals surface area contributed by atoms with Crippen LogP contribution in [0.5, 0.6) is 0 Å². The van der Waals surface area contributed by atoms with Gasteiger partial charge in [-0.1, -0.05) is 60.1 Å². The molecule has 0 bridgehead atoms. The van der Waals surface area contributed by atoms with E-state index in [9.17, 15) is 4.79 Å². The van der Waals surface area contributed by atoms with Crippen molar-refractivity contribution < 1.29 is 9.53 Å². The van der Waals surface area contributed by atoms with E-state index in [1.165, 1.54) is 0 Å². The summed E-state index contributed by atoms with van der Waals surface area (Å²) in [5.74, 6) is 0. The molecule has 0 aliphatic carbocycles. The van der Waals surface area contributed by atoms with Crippen LogP contribution in [0.25, 0.3) is 21.5 Å². The molecule has 0 aromatic heterocycles. The van der Waals surface area contributed by atoms with Gasteiger partial charge in [0.05, 0.1) is 17.8 Å². The minimum Gasteiger partial charge on any atom is -0.449 e. The van der Waals surface area contributed by atoms with Crippen molar-refractivity contribution in [3.05, 3.63) is 59.1 Å². The molecule has 0 atom stereocenters. The van der Waals surface area contributed by atoms with E-state index in [0.717, 1.165) is 27.1 Å². The van der Waals surface area contributed by atoms with Gasteiger partial charge < -0.3 is 4.74 Å². The van der Waals surface area contributed by atoms with Gasteiger partial charge in [-0.2, -0.15) is 5.10 Å². The van der Waals surface area contributed by atoms with Crippen molar-refractivity contribution in [2.24, 2.45) is 5.10 Å². The molecule has 1 amide bonds. The first kappa shape index (κ1) is 15.3. The van der Waals surface area contributed by atoms with Crippen molar-refractivity contribution in [3.63, 3.8) is 0 Å². The van der Waals surface area contributed by atoms with Crippen molar-refractivity contribution in [1.29, 1.82) is 0 Å². The number of hydrogen-bond donors (Lipinski definition) is 1. The average Bonchev–Trinajstić information content (AvgIpc) is 2.58. The molecule has 3 rings (SSSR count). The van der Waals surface area contributed by atoms with Gasteiger partial charge in [-0.25, -0.2) is 10.2 Å². The summed E-state index contributed by atoms with van der Waals surface area (Å²) in [7, 11) is 0. The van der Waals surface area contributed by atoms with Crippen molar-refractivity contribution in [3.8, 4) is 0 Å². The smallest absolute Gasteiger partial charge is 0.427 e. The highest BCUT2D eigenvalue weighted by Crippen LogP contribution is 2.35. The normalized spacial score (nSPS) is 11.2. The fourth-order valence-corrected chi connectivity index (χ4v) is 2.89. The highest BCUT2D eigenvalue weighted by molar-refractivity contribution is 6.42. The summed E-state index contributed by atoms with van der Waals surface area (Å²) in [5.41, 5.74) is 3.25. The molecule has 116 valence electrons. The zero-order valence-corrected chi connectivity index (χ0v) is 13.3. The Morgan fingerprint density at radius 1 is 1.09 bits per heavy atom. The number of benzene rings is 3. The summed E-state index contributed by atoms with van der Waals surface area (Å²) in [6, 6.07) is 15.7. The fraction of sp³-hybridized carbons (Fsp3) is 0.111. The van der Waals surface area contributed by atoms with E-state index in [1.807, 2.05) is 48.5 Å². The first-order valence-corrected chi connectivity index (χ1v) is 7.65. The minimum absolute atomic E-state index is 0.300. The first-order valence-electron chi connectivity index (χ1n) is 7.27. The zero-order chi connectivity index (χ0) is 16.2. The minimum atomic E-state index is -0.577. The zero-order valence-electron chi connectivity index (χ0n) is 12.5. The molecule has 0 aliphatic heterocycles. The number of hydrazone groups is 1. The van der Waals surface area contributed by atoms with E-state index in [4.69, 9.17) is 16.3 Å². The maximum Gasteiger partial charge on any atom is 0.427 e. The lowest BCUT2D eigenvalue weighted by molar-refractivity contribution is 0.152. The predicted octanol–water partition coefficient (Wildman–Crippen LogP) is 4.73. The van der Waals surface area contributed by atoms with Crippen LogP contribution in [0.4, 0.5) is 4.79 Å². The summed E-state index contributed by atoms with van der Waals surface area (Å²) in [4.78, 5) is 11.3. The van der Waals surface area contributed by atoms with Gasteiger partial charge in [0.2, 0.25) is 0 Å². The molecule has 4 nitrogen and oxygen atoms in total. The molecule has 0 radical (unpaired) electrons. The molecule has 0 spiro atoms. The number of nitrogens with one attached hydrogen (secondary N) is 1. The highest BCUT2D eigenvalue weighted by atomic mass is 35.5. The van der Waals surface area contributed by atoms with Crippen LogP contribution < -0.4 is 5.43 Å². The standard InChI is InChI=1S/C18H15ClN2O2/c1-2-23-18(22)21-20-11-16-12-7-3-5-9-14(12)17(19)15-10-6-4-8-13(15)16/h3-11H,2H2,1H3,(H,21,22)/b20-11-. The summed E-state index contributed by atoms with van der Waals surface area (Å²) in [5, 5.41) is 8.57. The number of carbonyl (C=O) groups excluding carboxylic acids is 1. The van der Waals surface area contributed by atoms with Crippen LogP contribution in [0.15, 0.2) is 53.6 Å². The Kier molecular flexibility index (Phi) is 4.44. The van der Waals surface area contributed by atoms with Gasteiger partial charge in [-0.05, 0) is 17.7 Å². The molecule has 5 heteroatoms. The largest absolute Gasteiger partial charge is 0.449 e. The summed E-state index contributed by atoms with van der Waals surface area (Å²) in [6.45, 7) is 2.04. The van der Waals surface area contributed by atoms with Crippen molar-refractivity contribution >= 4 is 45.5 Å². The van der Waals surface area contributed by atoms with Gasteiger partial charge in [0, 0.05) is 16.3 Å². The van der Waals surface area contributed by atoms with E-state index in [1.54, 1.807) is 13.1 Å². The van der Waals surface area contributed by atoms with Crippen LogP contribution in [0.3, 0.4) is 0 Å². The van der Waals surface area contributed by atoms with E-state index in [0.29, 0.717) is 11.6 Å². The van der Waals surface area contributed by atoms with Crippen LogP contribution in [0, 0.1) is 0 Å². The van der Waals surface area contributed by atoms with E-state index in [2.05, 4.69) is 10.5 Å². The molecule has 0 heterocycles. The van der Waals surface area contributed by atoms with E-state index < -0.39 is 6.09 Å². The second kappa shape index (κ2) is 6.67. The first-order chi connectivity index (χ1) is 11.2. The average molecular weight is 327 g/mol. The number of rotatable bonds is 3. The fourth-order valence-electron chi connectivity index (χ4n) is 2.56. The monoisotopic (exact) mass is 326 g/mol. The predicted molar refractivity (Wildman–Crippen MR) is 94.2 cm³/mol. The third kappa shape index (κ3) is 2.98. The lowest BCUT2D eigenvalue weighted by atomic mass is 9.97. The molecule has 23 heavy (non-hydrogen) atoms. The summed E-state index contributed by atoms with van der Waals surface area (Å²) >= 11 is 6.54. The van der Waals surface area contributed by atoms with Crippen molar-refractivity contribution in [2.75, 3.05) is 6.61 Å². The van der Waals surface area contributed by atoms with Gasteiger partial charge in [-0.15, -0.1) is 0 Å². The number of halogens is 1. The maximum atomic E-state index is 11.3. The molecule has 0 unspecified atom stereocenters. The molecule has 0 saturated carbocycles. The van der Waals surface area contributed by atoms with Crippen LogP contribution in [-0.4, -0.2) is 18.9 Å². The summed E-state index contributed by atoms with van der Waals surface area (Å²) < 4.78 is 4.79. The van der Waals surface area contributed by atoms with Crippen LogP contribution in [0.1, 0.15) is 12.5 Å². The van der Waals surface area contributed by atoms with Crippen LogP contribution >= 0.6 is 11.6 Å². The van der Waals surface area contributed by atoms with E-state index >= 15 is 0 Å². The number of nitrogens with zero attached hydrogens (tertiary/aromatic N) is 1. The van der Waals surface area contributed by atoms with Crippen molar-refractivity contribution in [1.82, 2.24) is 5.43 Å². The van der Waals surface area contributed by atoms with Crippen LogP contribution in [0.2, 0.25) is 5.02 Å². The molecule has 1 N–H and O–H groups in total. The Hall–Kier alpha value is -2.59. The number of ether oxygens (including phenoxy) is 1. The second-order valence-electron chi connectivity index (χ2n) is 4.91. The van der Waals surface area contributed by atoms with Gasteiger partial charge in [0.25, 0.3) is 0 Å². The Morgan fingerprint density at radius 2 is 1.61 bits per heavy atom. The summed E-state index contributed by atoms with van der Waals surface area (Å²) in [6.07, 6.45) is 1.05. The molecular formula is C18H15ClN2O2. The molecular weight excluding hydrogens is 312 g/mol. The Balaban J connectivity index is 2.15. The quantitative estimate of drug-likeness (QED) is 0.430. The SMILES string of the molecule is CCOC(=O)N/N=C\c1c2ccccc2c(Cl)c2ccccc12. The Bertz CT molecular complexity index is 849. The van der Waals surface area contributed by atoms with Crippen LogP contribution in [-0.2, 0) is 4.74 Å². The van der Waals surface area contributed by atoms with Gasteiger partial charge in [-0.3, -0.25) is 0 Å². The van der Waals surface area contributed by atoms with Gasteiger partial charge in [0.1, 0.15) is 0 Å². The maximum absolute atomic E-state index is 11.3. The van der Waals surface area contributed by atoms with E-state index in [-0.39, 0.29) is 0 Å². The Labute approximate surface area is 138 Å². The lowest BCUT2D eigenvalue weighted by Crippen LogP contribution is -2.18. The number of hydrogen-bond acceptors (Lipinski definition) is 3. The molecule has 3 aromatic carbocycles. The molecule has 0 fully saturated rings. The van der Waals surface area contributed by atoms with Gasteiger partial charge in [0.15, 0.2) is 0 Å². The Morgan fingerprint density at radius 3 is 2.13 bits per heavy atom. The number of fused-ring (bicyclic) bond motifs is 2. The third-order valence-electron chi connectivity index (χ3n) is 3.53. The van der Waals surface area contributed by atoms with Gasteiger partial charge >= 0.3 is 6.09 Å².